The molecule has 0 bridgehead atoms. The number of carboxylic acids is 1. The summed E-state index contributed by atoms with van der Waals surface area (Å²) in [5.74, 6) is -2.60. The number of nitrogens with two attached hydrogens (primary N) is 2. The lowest BCUT2D eigenvalue weighted by atomic mass is 10.2. The smallest absolute Gasteiger partial charge is 0.305 e. The highest BCUT2D eigenvalue weighted by atomic mass is 16.4. The fourth-order valence-corrected chi connectivity index (χ4v) is 0.672. The predicted octanol–water partition coefficient (Wildman–Crippen LogP) is -3.05. The molecule has 0 aliphatic heterocycles. The molecule has 0 aromatic carbocycles. The summed E-state index contributed by atoms with van der Waals surface area (Å²) in [7, 11) is 0. The van der Waals surface area contributed by atoms with Crippen molar-refractivity contribution in [3.8, 4) is 0 Å². The molecule has 0 aliphatic rings. The number of hydrogen-bond acceptors (Lipinski definition) is 4. The van der Waals surface area contributed by atoms with Crippen LogP contribution in [0.1, 0.15) is 13.3 Å². The summed E-state index contributed by atoms with van der Waals surface area (Å²) in [6, 6.07) is -2.03. The number of rotatable bonds is 5. The van der Waals surface area contributed by atoms with Crippen LogP contribution < -0.4 is 16.8 Å². The molecule has 0 radical (unpaired) electrons. The molecule has 0 saturated carbocycles. The lowest BCUT2D eigenvalue weighted by Gasteiger charge is -2.13. The van der Waals surface area contributed by atoms with E-state index >= 15 is 0 Å². The minimum atomic E-state index is -1.18. The van der Waals surface area contributed by atoms with Gasteiger partial charge >= 0.3 is 5.97 Å². The normalized spacial score (nSPS) is 13.2. The Kier molecular flexibility index (Phi) is 7.09. The van der Waals surface area contributed by atoms with Gasteiger partial charge in [0.15, 0.2) is 0 Å². The van der Waals surface area contributed by atoms with Crippen LogP contribution in [-0.4, -0.2) is 40.5 Å². The highest BCUT2D eigenvalue weighted by Crippen LogP contribution is 1.90. The fraction of sp³-hybridized carbons (Fsp3) is 0.571. The molecule has 8 nitrogen and oxygen atoms in total. The first-order valence-electron chi connectivity index (χ1n) is 3.91. The van der Waals surface area contributed by atoms with Gasteiger partial charge in [0.25, 0.3) is 0 Å². The first-order chi connectivity index (χ1) is 6.34. The molecule has 88 valence electrons. The zero-order valence-corrected chi connectivity index (χ0v) is 8.19. The number of nitrogens with one attached hydrogen (secondary N) is 1. The van der Waals surface area contributed by atoms with Crippen molar-refractivity contribution in [2.75, 3.05) is 0 Å². The Labute approximate surface area is 85.9 Å². The van der Waals surface area contributed by atoms with Crippen LogP contribution in [0.2, 0.25) is 0 Å². The van der Waals surface area contributed by atoms with Crippen LogP contribution >= 0.6 is 0 Å². The van der Waals surface area contributed by atoms with E-state index in [2.05, 4.69) is 5.32 Å². The van der Waals surface area contributed by atoms with Gasteiger partial charge in [0.2, 0.25) is 11.8 Å². The van der Waals surface area contributed by atoms with Gasteiger partial charge in [-0.15, -0.1) is 0 Å². The van der Waals surface area contributed by atoms with Crippen LogP contribution in [0.25, 0.3) is 0 Å². The number of aliphatic carboxylic acids is 1. The van der Waals surface area contributed by atoms with Crippen molar-refractivity contribution in [1.82, 2.24) is 5.32 Å². The molecule has 0 rings (SSSR count). The molecule has 8 N–H and O–H groups in total. The second kappa shape index (κ2) is 6.74. The van der Waals surface area contributed by atoms with Crippen LogP contribution in [-0.2, 0) is 14.4 Å². The van der Waals surface area contributed by atoms with E-state index in [-0.39, 0.29) is 5.48 Å². The number of carboxylic acid groups (broad SMARTS) is 1. The van der Waals surface area contributed by atoms with E-state index in [9.17, 15) is 14.4 Å². The number of amides is 2. The van der Waals surface area contributed by atoms with Crippen molar-refractivity contribution < 1.29 is 25.0 Å². The molecule has 0 aliphatic carbocycles. The van der Waals surface area contributed by atoms with E-state index in [4.69, 9.17) is 16.6 Å². The lowest BCUT2D eigenvalue weighted by molar-refractivity contribution is -0.139. The summed E-state index contributed by atoms with van der Waals surface area (Å²) in [5.41, 5.74) is 10.1. The van der Waals surface area contributed by atoms with Gasteiger partial charge in [0, 0.05) is 0 Å². The first-order valence-corrected chi connectivity index (χ1v) is 3.91. The van der Waals surface area contributed by atoms with Crippen LogP contribution in [0.15, 0.2) is 0 Å². The van der Waals surface area contributed by atoms with Gasteiger partial charge in [-0.25, -0.2) is 0 Å². The summed E-state index contributed by atoms with van der Waals surface area (Å²) in [4.78, 5) is 31.8. The average molecular weight is 221 g/mol. The maximum absolute atomic E-state index is 11.1. The molecule has 8 heteroatoms. The Hall–Kier alpha value is -1.67. The van der Waals surface area contributed by atoms with Crippen molar-refractivity contribution >= 4 is 17.8 Å². The molecule has 0 heterocycles. The van der Waals surface area contributed by atoms with Gasteiger partial charge < -0.3 is 27.4 Å². The Bertz CT molecular complexity index is 255. The quantitative estimate of drug-likeness (QED) is 0.386. The summed E-state index contributed by atoms with van der Waals surface area (Å²) in [6.07, 6.45) is -0.489. The Balaban J connectivity index is 0. The second-order valence-corrected chi connectivity index (χ2v) is 2.84. The molecule has 0 aromatic rings. The molecule has 0 spiro atoms. The standard InChI is InChI=1S/C7H13N3O4.H2O/c1-3(6(9)13)10-7(14)4(8)2-5(11)12;/h3-4H,2,8H2,1H3,(H2,9,13)(H,10,14)(H,11,12);1H2. The van der Waals surface area contributed by atoms with Crippen molar-refractivity contribution in [3.05, 3.63) is 0 Å². The van der Waals surface area contributed by atoms with Crippen LogP contribution in [0, 0.1) is 0 Å². The largest absolute Gasteiger partial charge is 0.481 e. The predicted molar refractivity (Wildman–Crippen MR) is 50.6 cm³/mol. The molecular weight excluding hydrogens is 206 g/mol. The molecule has 0 aromatic heterocycles. The van der Waals surface area contributed by atoms with E-state index in [0.29, 0.717) is 0 Å². The molecule has 2 atom stereocenters. The summed E-state index contributed by atoms with van der Waals surface area (Å²) >= 11 is 0. The Morgan fingerprint density at radius 3 is 2.20 bits per heavy atom. The number of carbonyl (C=O) groups excluding carboxylic acids is 2. The van der Waals surface area contributed by atoms with E-state index in [1.807, 2.05) is 0 Å². The van der Waals surface area contributed by atoms with Gasteiger partial charge in [-0.2, -0.15) is 0 Å². The van der Waals surface area contributed by atoms with Gasteiger partial charge in [-0.05, 0) is 6.92 Å². The maximum Gasteiger partial charge on any atom is 0.305 e. The van der Waals surface area contributed by atoms with E-state index in [1.165, 1.54) is 6.92 Å². The second-order valence-electron chi connectivity index (χ2n) is 2.84. The highest BCUT2D eigenvalue weighted by Gasteiger charge is 2.20. The Morgan fingerprint density at radius 2 is 1.87 bits per heavy atom. The highest BCUT2D eigenvalue weighted by molar-refractivity contribution is 5.90. The SMILES string of the molecule is CC(NC(=O)C(N)CC(=O)O)C(N)=O.O. The molecule has 15 heavy (non-hydrogen) atoms. The van der Waals surface area contributed by atoms with E-state index in [1.54, 1.807) is 0 Å². The van der Waals surface area contributed by atoms with Crippen molar-refractivity contribution in [3.63, 3.8) is 0 Å². The summed E-state index contributed by atoms with van der Waals surface area (Å²) in [5, 5.41) is 10.5. The molecule has 2 unspecified atom stereocenters. The van der Waals surface area contributed by atoms with Gasteiger partial charge in [0.05, 0.1) is 12.5 Å². The number of hydrogen-bond donors (Lipinski definition) is 4. The molecule has 0 fully saturated rings. The van der Waals surface area contributed by atoms with Crippen molar-refractivity contribution in [1.29, 1.82) is 0 Å². The van der Waals surface area contributed by atoms with E-state index < -0.39 is 36.3 Å². The average Bonchev–Trinajstić information content (AvgIpc) is 2.02. The fourth-order valence-electron chi connectivity index (χ4n) is 0.672. The minimum absolute atomic E-state index is 0. The van der Waals surface area contributed by atoms with Crippen LogP contribution in [0.4, 0.5) is 0 Å². The van der Waals surface area contributed by atoms with Gasteiger partial charge in [-0.3, -0.25) is 14.4 Å². The number of primary amides is 1. The molecule has 2 amide bonds. The van der Waals surface area contributed by atoms with Crippen LogP contribution in [0.5, 0.6) is 0 Å². The topological polar surface area (TPSA) is 167 Å². The lowest BCUT2D eigenvalue weighted by Crippen LogP contribution is -2.49. The van der Waals surface area contributed by atoms with Crippen molar-refractivity contribution in [2.45, 2.75) is 25.4 Å². The Morgan fingerprint density at radius 1 is 1.40 bits per heavy atom. The minimum Gasteiger partial charge on any atom is -0.481 e. The van der Waals surface area contributed by atoms with Gasteiger partial charge in [0.1, 0.15) is 6.04 Å². The first kappa shape index (κ1) is 15.8. The maximum atomic E-state index is 11.1. The van der Waals surface area contributed by atoms with Crippen LogP contribution in [0.3, 0.4) is 0 Å². The molecular formula is C7H15N3O5. The zero-order valence-electron chi connectivity index (χ0n) is 8.19. The third-order valence-electron chi connectivity index (χ3n) is 1.52. The van der Waals surface area contributed by atoms with E-state index in [0.717, 1.165) is 0 Å². The zero-order chi connectivity index (χ0) is 11.3. The monoisotopic (exact) mass is 221 g/mol. The summed E-state index contributed by atoms with van der Waals surface area (Å²) < 4.78 is 0. The van der Waals surface area contributed by atoms with Crippen molar-refractivity contribution in [2.24, 2.45) is 11.5 Å². The third kappa shape index (κ3) is 6.41. The third-order valence-corrected chi connectivity index (χ3v) is 1.52. The summed E-state index contributed by atoms with van der Waals surface area (Å²) in [6.45, 7) is 1.38. The molecule has 0 saturated heterocycles. The van der Waals surface area contributed by atoms with Gasteiger partial charge in [-0.1, -0.05) is 0 Å². The number of carbonyl (C=O) groups is 3.